The van der Waals surface area contributed by atoms with Gasteiger partial charge in [-0.05, 0) is 35.9 Å². The summed E-state index contributed by atoms with van der Waals surface area (Å²) < 4.78 is 11.0. The molecule has 1 aliphatic rings. The Balaban J connectivity index is 1.68. The molecule has 1 N–H and O–H groups in total. The van der Waals surface area contributed by atoms with Crippen LogP contribution in [0.25, 0.3) is 6.08 Å². The molecule has 10 heteroatoms. The van der Waals surface area contributed by atoms with Crippen molar-refractivity contribution in [2.45, 2.75) is 6.61 Å². The molecular formula is C24H18ClN3O6. The lowest BCUT2D eigenvalue weighted by atomic mass is 10.1. The molecule has 172 valence electrons. The molecule has 0 atom stereocenters. The molecule has 3 aromatic rings. The maximum Gasteiger partial charge on any atom is 0.315 e. The average Bonchev–Trinajstić information content (AvgIpc) is 3.12. The van der Waals surface area contributed by atoms with E-state index in [2.05, 4.69) is 5.43 Å². The van der Waals surface area contributed by atoms with Gasteiger partial charge >= 0.3 is 5.69 Å². The first kappa shape index (κ1) is 22.8. The molecule has 9 nitrogen and oxygen atoms in total. The third-order valence-electron chi connectivity index (χ3n) is 5.02. The number of nitro benzene ring substituents is 1. The normalized spacial score (nSPS) is 14.3. The van der Waals surface area contributed by atoms with Crippen LogP contribution in [0.1, 0.15) is 11.1 Å². The van der Waals surface area contributed by atoms with Crippen LogP contribution in [-0.2, 0) is 16.2 Å². The quantitative estimate of drug-likeness (QED) is 0.234. The van der Waals surface area contributed by atoms with E-state index in [4.69, 9.17) is 21.1 Å². The van der Waals surface area contributed by atoms with Gasteiger partial charge in [-0.25, -0.2) is 5.01 Å². The molecule has 0 unspecified atom stereocenters. The van der Waals surface area contributed by atoms with Crippen molar-refractivity contribution in [2.24, 2.45) is 0 Å². The highest BCUT2D eigenvalue weighted by Crippen LogP contribution is 2.40. The van der Waals surface area contributed by atoms with Crippen molar-refractivity contribution in [3.8, 4) is 11.5 Å². The van der Waals surface area contributed by atoms with Gasteiger partial charge in [0.25, 0.3) is 11.8 Å². The summed E-state index contributed by atoms with van der Waals surface area (Å²) in [6, 6.07) is 18.2. The van der Waals surface area contributed by atoms with Crippen LogP contribution in [0.5, 0.6) is 11.5 Å². The Morgan fingerprint density at radius 1 is 1.09 bits per heavy atom. The van der Waals surface area contributed by atoms with Crippen LogP contribution < -0.4 is 19.9 Å². The minimum absolute atomic E-state index is 0.0236. The number of para-hydroxylation sites is 1. The van der Waals surface area contributed by atoms with Gasteiger partial charge in [0.2, 0.25) is 5.75 Å². The van der Waals surface area contributed by atoms with E-state index in [9.17, 15) is 19.7 Å². The van der Waals surface area contributed by atoms with Gasteiger partial charge in [-0.3, -0.25) is 25.1 Å². The Hall–Kier alpha value is -4.37. The van der Waals surface area contributed by atoms with Crippen LogP contribution in [0.15, 0.2) is 72.3 Å². The van der Waals surface area contributed by atoms with Crippen LogP contribution in [-0.4, -0.2) is 23.8 Å². The van der Waals surface area contributed by atoms with Crippen LogP contribution in [0, 0.1) is 10.1 Å². The smallest absolute Gasteiger partial charge is 0.315 e. The number of ether oxygens (including phenoxy) is 2. The largest absolute Gasteiger partial charge is 0.493 e. The Morgan fingerprint density at radius 2 is 1.79 bits per heavy atom. The SMILES string of the molecule is COc1cc(C=C2C(=O)NN(c3ccccc3)C2=O)cc([N+](=O)[O-])c1OCc1ccccc1Cl. The molecule has 3 aromatic carbocycles. The number of methoxy groups -OCH3 is 1. The molecule has 1 saturated heterocycles. The predicted molar refractivity (Wildman–Crippen MR) is 125 cm³/mol. The van der Waals surface area contributed by atoms with Crippen LogP contribution in [0.4, 0.5) is 11.4 Å². The molecule has 1 heterocycles. The van der Waals surface area contributed by atoms with E-state index in [-0.39, 0.29) is 34.9 Å². The fraction of sp³-hybridized carbons (Fsp3) is 0.0833. The lowest BCUT2D eigenvalue weighted by Crippen LogP contribution is -2.35. The molecule has 4 rings (SSSR count). The zero-order chi connectivity index (χ0) is 24.2. The number of carbonyl (C=O) groups excluding carboxylic acids is 2. The number of hydrogen-bond donors (Lipinski definition) is 1. The summed E-state index contributed by atoms with van der Waals surface area (Å²) in [5.41, 5.74) is 3.27. The summed E-state index contributed by atoms with van der Waals surface area (Å²) in [5, 5.41) is 13.4. The maximum absolute atomic E-state index is 12.8. The molecule has 0 saturated carbocycles. The minimum Gasteiger partial charge on any atom is -0.493 e. The summed E-state index contributed by atoms with van der Waals surface area (Å²) in [7, 11) is 1.34. The molecule has 34 heavy (non-hydrogen) atoms. The van der Waals surface area contributed by atoms with E-state index in [0.717, 1.165) is 5.01 Å². The van der Waals surface area contributed by atoms with Gasteiger partial charge in [0, 0.05) is 16.7 Å². The molecular weight excluding hydrogens is 462 g/mol. The number of halogens is 1. The number of nitro groups is 1. The van der Waals surface area contributed by atoms with Crippen LogP contribution in [0.2, 0.25) is 5.02 Å². The number of rotatable bonds is 7. The summed E-state index contributed by atoms with van der Waals surface area (Å²) in [4.78, 5) is 36.5. The third-order valence-corrected chi connectivity index (χ3v) is 5.39. The van der Waals surface area contributed by atoms with Crippen molar-refractivity contribution >= 4 is 40.9 Å². The summed E-state index contributed by atoms with van der Waals surface area (Å²) in [5.74, 6) is -1.24. The highest BCUT2D eigenvalue weighted by Gasteiger charge is 2.34. The fourth-order valence-corrected chi connectivity index (χ4v) is 3.56. The zero-order valence-electron chi connectivity index (χ0n) is 17.9. The molecule has 1 fully saturated rings. The van der Waals surface area contributed by atoms with E-state index >= 15 is 0 Å². The number of nitrogens with one attached hydrogen (secondary N) is 1. The van der Waals surface area contributed by atoms with Crippen molar-refractivity contribution in [3.63, 3.8) is 0 Å². The van der Waals surface area contributed by atoms with Crippen molar-refractivity contribution in [3.05, 3.63) is 98.6 Å². The monoisotopic (exact) mass is 479 g/mol. The van der Waals surface area contributed by atoms with E-state index in [1.54, 1.807) is 54.6 Å². The van der Waals surface area contributed by atoms with Crippen LogP contribution in [0.3, 0.4) is 0 Å². The van der Waals surface area contributed by atoms with Crippen molar-refractivity contribution < 1.29 is 24.0 Å². The Bertz CT molecular complexity index is 1310. The lowest BCUT2D eigenvalue weighted by Gasteiger charge is -2.14. The fourth-order valence-electron chi connectivity index (χ4n) is 3.37. The number of hydrogen-bond acceptors (Lipinski definition) is 6. The zero-order valence-corrected chi connectivity index (χ0v) is 18.6. The van der Waals surface area contributed by atoms with E-state index in [1.165, 1.54) is 25.3 Å². The first-order valence-electron chi connectivity index (χ1n) is 10.0. The second kappa shape index (κ2) is 9.63. The van der Waals surface area contributed by atoms with E-state index in [0.29, 0.717) is 16.3 Å². The second-order valence-corrected chi connectivity index (χ2v) is 7.59. The molecule has 1 aliphatic heterocycles. The third kappa shape index (κ3) is 4.55. The Labute approximate surface area is 199 Å². The second-order valence-electron chi connectivity index (χ2n) is 7.18. The maximum atomic E-state index is 12.8. The number of hydrazine groups is 1. The van der Waals surface area contributed by atoms with Crippen molar-refractivity contribution in [1.29, 1.82) is 0 Å². The van der Waals surface area contributed by atoms with Crippen LogP contribution >= 0.6 is 11.6 Å². The highest BCUT2D eigenvalue weighted by atomic mass is 35.5. The Kier molecular flexibility index (Phi) is 6.46. The molecule has 0 radical (unpaired) electrons. The number of nitrogens with zero attached hydrogens (tertiary/aromatic N) is 2. The first-order chi connectivity index (χ1) is 16.4. The van der Waals surface area contributed by atoms with E-state index in [1.807, 2.05) is 0 Å². The van der Waals surface area contributed by atoms with Gasteiger partial charge in [0.05, 0.1) is 17.7 Å². The molecule has 0 spiro atoms. The number of carbonyl (C=O) groups is 2. The highest BCUT2D eigenvalue weighted by molar-refractivity contribution is 6.32. The molecule has 0 aliphatic carbocycles. The van der Waals surface area contributed by atoms with Crippen molar-refractivity contribution in [2.75, 3.05) is 12.1 Å². The molecule has 0 bridgehead atoms. The lowest BCUT2D eigenvalue weighted by molar-refractivity contribution is -0.386. The first-order valence-corrected chi connectivity index (χ1v) is 10.4. The standard InChI is InChI=1S/C24H18ClN3O6/c1-33-21-13-15(11-18-23(29)26-27(24(18)30)17-8-3-2-4-9-17)12-20(28(31)32)22(21)34-14-16-7-5-6-10-19(16)25/h2-13H,14H2,1H3,(H,26,29). The minimum atomic E-state index is -0.630. The molecule has 2 amide bonds. The predicted octanol–water partition coefficient (Wildman–Crippen LogP) is 4.30. The van der Waals surface area contributed by atoms with Gasteiger partial charge in [0.1, 0.15) is 12.2 Å². The molecule has 0 aromatic heterocycles. The van der Waals surface area contributed by atoms with Gasteiger partial charge in [-0.15, -0.1) is 0 Å². The van der Waals surface area contributed by atoms with Gasteiger partial charge in [0.15, 0.2) is 5.75 Å². The van der Waals surface area contributed by atoms with Gasteiger partial charge in [-0.1, -0.05) is 48.0 Å². The number of benzene rings is 3. The average molecular weight is 480 g/mol. The van der Waals surface area contributed by atoms with Gasteiger partial charge < -0.3 is 9.47 Å². The topological polar surface area (TPSA) is 111 Å². The van der Waals surface area contributed by atoms with Crippen molar-refractivity contribution in [1.82, 2.24) is 5.43 Å². The summed E-state index contributed by atoms with van der Waals surface area (Å²) in [6.45, 7) is -0.0236. The summed E-state index contributed by atoms with van der Waals surface area (Å²) in [6.07, 6.45) is 1.27. The van der Waals surface area contributed by atoms with Gasteiger partial charge in [-0.2, -0.15) is 0 Å². The Morgan fingerprint density at radius 3 is 2.47 bits per heavy atom. The number of amides is 2. The van der Waals surface area contributed by atoms with E-state index < -0.39 is 16.7 Å². The summed E-state index contributed by atoms with van der Waals surface area (Å²) >= 11 is 6.14. The number of anilines is 1.